The van der Waals surface area contributed by atoms with Gasteiger partial charge < -0.3 is 21.6 Å². The largest absolute Gasteiger partial charge is 1.00 e. The Hall–Kier alpha value is -0.280. The van der Waals surface area contributed by atoms with Crippen LogP contribution < -0.4 is 12.4 Å². The van der Waals surface area contributed by atoms with Crippen LogP contribution >= 0.6 is 0 Å². The third-order valence-electron chi connectivity index (χ3n) is 9.52. The summed E-state index contributed by atoms with van der Waals surface area (Å²) >= 11 is 0. The number of hydrogen-bond acceptors (Lipinski definition) is 2. The molecule has 1 unspecified atom stereocenters. The summed E-state index contributed by atoms with van der Waals surface area (Å²) in [6, 6.07) is 0. The number of quaternary nitrogens is 1. The molecule has 0 amide bonds. The van der Waals surface area contributed by atoms with E-state index in [2.05, 4.69) is 35.0 Å². The summed E-state index contributed by atoms with van der Waals surface area (Å²) in [5.74, 6) is 0.519. The smallest absolute Gasteiger partial charge is 0.361 e. The van der Waals surface area contributed by atoms with E-state index < -0.39 is 0 Å². The summed E-state index contributed by atoms with van der Waals surface area (Å²) in [4.78, 5) is 12.4. The molecule has 0 bridgehead atoms. The first-order chi connectivity index (χ1) is 21.4. The molecule has 3 nitrogen and oxygen atoms in total. The van der Waals surface area contributed by atoms with Gasteiger partial charge in [0.15, 0.2) is 6.54 Å². The van der Waals surface area contributed by atoms with Crippen LogP contribution in [0, 0.1) is 5.92 Å². The quantitative estimate of drug-likeness (QED) is 0.0381. The molecule has 1 atom stereocenters. The molecule has 0 aromatic heterocycles. The van der Waals surface area contributed by atoms with Crippen molar-refractivity contribution in [3.05, 3.63) is 0 Å². The maximum absolute atomic E-state index is 12.4. The molecule has 0 aliphatic carbocycles. The molecule has 0 spiro atoms. The van der Waals surface area contributed by atoms with Gasteiger partial charge >= 0.3 is 5.97 Å². The van der Waals surface area contributed by atoms with Gasteiger partial charge in [0.25, 0.3) is 0 Å². The maximum atomic E-state index is 12.4. The Morgan fingerprint density at radius 1 is 0.444 bits per heavy atom. The Labute approximate surface area is 291 Å². The van der Waals surface area contributed by atoms with Crippen molar-refractivity contribution >= 4 is 5.97 Å². The number of unbranched alkanes of at least 4 members (excludes halogenated alkanes) is 28. The fourth-order valence-electron chi connectivity index (χ4n) is 6.56. The summed E-state index contributed by atoms with van der Waals surface area (Å²) in [7, 11) is 6.18. The molecule has 0 N–H and O–H groups in total. The number of rotatable bonds is 36. The van der Waals surface area contributed by atoms with Gasteiger partial charge in [-0.05, 0) is 18.8 Å². The van der Waals surface area contributed by atoms with Crippen LogP contribution in [0.5, 0.6) is 0 Å². The van der Waals surface area contributed by atoms with Gasteiger partial charge in [-0.15, -0.1) is 0 Å². The van der Waals surface area contributed by atoms with Gasteiger partial charge in [0.1, 0.15) is 0 Å². The molecule has 0 saturated carbocycles. The summed E-state index contributed by atoms with van der Waals surface area (Å²) < 4.78 is 6.42. The number of halogens is 1. The van der Waals surface area contributed by atoms with Gasteiger partial charge in [-0.3, -0.25) is 0 Å². The zero-order valence-electron chi connectivity index (χ0n) is 31.8. The Morgan fingerprint density at radius 2 is 0.689 bits per heavy atom. The standard InChI is InChI=1S/C41H84NO2.ClH/c1-6-8-10-12-14-16-18-20-22-23-25-27-29-31-33-35-37-40(39-44-41(43)38-42(3,4)5)36-34-32-30-28-26-24-21-19-17-15-13-11-9-7-2;/h40H,6-39H2,1-5H3;1H/q+1;/p-1. The number of hydrogen-bond donors (Lipinski definition) is 0. The van der Waals surface area contributed by atoms with E-state index in [-0.39, 0.29) is 18.4 Å². The van der Waals surface area contributed by atoms with Gasteiger partial charge in [0.2, 0.25) is 0 Å². The molecule has 0 rings (SSSR count). The lowest BCUT2D eigenvalue weighted by molar-refractivity contribution is -0.862. The van der Waals surface area contributed by atoms with E-state index in [9.17, 15) is 4.79 Å². The molecule has 45 heavy (non-hydrogen) atoms. The lowest BCUT2D eigenvalue weighted by Crippen LogP contribution is -3.00. The van der Waals surface area contributed by atoms with Crippen LogP contribution in [0.1, 0.15) is 219 Å². The van der Waals surface area contributed by atoms with Crippen LogP contribution in [-0.4, -0.2) is 44.7 Å². The first-order valence-corrected chi connectivity index (χ1v) is 20.3. The van der Waals surface area contributed by atoms with Gasteiger partial charge in [0.05, 0.1) is 27.7 Å². The highest BCUT2D eigenvalue weighted by Gasteiger charge is 2.18. The second kappa shape index (κ2) is 36.6. The second-order valence-electron chi connectivity index (χ2n) is 15.5. The average molecular weight is 659 g/mol. The third-order valence-corrected chi connectivity index (χ3v) is 9.52. The molecule has 0 aliphatic heterocycles. The van der Waals surface area contributed by atoms with Crippen molar-refractivity contribution in [3.63, 3.8) is 0 Å². The second-order valence-corrected chi connectivity index (χ2v) is 15.5. The van der Waals surface area contributed by atoms with E-state index in [1.807, 2.05) is 0 Å². The van der Waals surface area contributed by atoms with Crippen molar-refractivity contribution in [3.8, 4) is 0 Å². The number of ether oxygens (including phenoxy) is 1. The molecule has 0 aromatic carbocycles. The van der Waals surface area contributed by atoms with Gasteiger partial charge in [-0.25, -0.2) is 4.79 Å². The highest BCUT2D eigenvalue weighted by atomic mass is 35.5. The van der Waals surface area contributed by atoms with Gasteiger partial charge in [-0.1, -0.05) is 206 Å². The number of esters is 1. The zero-order chi connectivity index (χ0) is 32.4. The number of likely N-dealkylation sites (N-methyl/N-ethyl adjacent to an activating group) is 1. The van der Waals surface area contributed by atoms with Crippen molar-refractivity contribution in [2.75, 3.05) is 34.3 Å². The van der Waals surface area contributed by atoms with Gasteiger partial charge in [-0.2, -0.15) is 0 Å². The maximum Gasteiger partial charge on any atom is 0.361 e. The summed E-state index contributed by atoms with van der Waals surface area (Å²) in [6.07, 6.45) is 44.8. The zero-order valence-corrected chi connectivity index (χ0v) is 32.5. The first-order valence-electron chi connectivity index (χ1n) is 20.3. The summed E-state index contributed by atoms with van der Waals surface area (Å²) in [5, 5.41) is 0. The van der Waals surface area contributed by atoms with Crippen molar-refractivity contribution in [1.29, 1.82) is 0 Å². The molecule has 0 aliphatic rings. The molecular formula is C41H84ClNO2. The van der Waals surface area contributed by atoms with E-state index in [0.29, 0.717) is 23.6 Å². The van der Waals surface area contributed by atoms with Gasteiger partial charge in [0, 0.05) is 0 Å². The SMILES string of the molecule is CCCCCCCCCCCCCCCCCCC(CCCCCCCCCCCCCCCC)COC(=O)C[N+](C)(C)C.[Cl-]. The number of carbonyl (C=O) groups excluding carboxylic acids is 1. The topological polar surface area (TPSA) is 26.3 Å². The van der Waals surface area contributed by atoms with E-state index in [0.717, 1.165) is 0 Å². The minimum atomic E-state index is -0.0320. The predicted molar refractivity (Wildman–Crippen MR) is 196 cm³/mol. The van der Waals surface area contributed by atoms with Crippen LogP contribution in [0.3, 0.4) is 0 Å². The first kappa shape index (κ1) is 46.8. The summed E-state index contributed by atoms with van der Waals surface area (Å²) in [6.45, 7) is 5.69. The molecule has 0 saturated heterocycles. The van der Waals surface area contributed by atoms with E-state index >= 15 is 0 Å². The number of nitrogens with zero attached hydrogens (tertiary/aromatic N) is 1. The fourth-order valence-corrected chi connectivity index (χ4v) is 6.56. The Balaban J connectivity index is 0. The molecule has 0 fully saturated rings. The molecule has 0 radical (unpaired) electrons. The third kappa shape index (κ3) is 39.8. The van der Waals surface area contributed by atoms with Crippen molar-refractivity contribution < 1.29 is 26.4 Å². The minimum Gasteiger partial charge on any atom is -1.00 e. The highest BCUT2D eigenvalue weighted by molar-refractivity contribution is 5.70. The Bertz CT molecular complexity index is 576. The lowest BCUT2D eigenvalue weighted by atomic mass is 9.94. The molecular weight excluding hydrogens is 574 g/mol. The van der Waals surface area contributed by atoms with E-state index in [1.165, 1.54) is 205 Å². The lowest BCUT2D eigenvalue weighted by Gasteiger charge is -2.23. The van der Waals surface area contributed by atoms with Crippen LogP contribution in [-0.2, 0) is 9.53 Å². The Kier molecular flexibility index (Phi) is 38.0. The summed E-state index contributed by atoms with van der Waals surface area (Å²) in [5.41, 5.74) is 0. The van der Waals surface area contributed by atoms with Crippen LogP contribution in [0.2, 0.25) is 0 Å². The number of carbonyl (C=O) groups is 1. The van der Waals surface area contributed by atoms with Crippen molar-refractivity contribution in [1.82, 2.24) is 0 Å². The minimum absolute atomic E-state index is 0. The predicted octanol–water partition coefficient (Wildman–Crippen LogP) is 10.4. The van der Waals surface area contributed by atoms with Crippen molar-refractivity contribution in [2.45, 2.75) is 219 Å². The highest BCUT2D eigenvalue weighted by Crippen LogP contribution is 2.21. The van der Waals surface area contributed by atoms with Crippen LogP contribution in [0.4, 0.5) is 0 Å². The monoisotopic (exact) mass is 658 g/mol. The van der Waals surface area contributed by atoms with E-state index in [4.69, 9.17) is 4.74 Å². The van der Waals surface area contributed by atoms with Crippen LogP contribution in [0.25, 0.3) is 0 Å². The Morgan fingerprint density at radius 3 is 0.933 bits per heavy atom. The average Bonchev–Trinajstić information content (AvgIpc) is 2.98. The molecule has 0 aromatic rings. The molecule has 272 valence electrons. The normalized spacial score (nSPS) is 12.3. The molecule has 4 heteroatoms. The fraction of sp³-hybridized carbons (Fsp3) is 0.976. The molecule has 0 heterocycles. The van der Waals surface area contributed by atoms with Crippen molar-refractivity contribution in [2.24, 2.45) is 5.92 Å². The van der Waals surface area contributed by atoms with Crippen LogP contribution in [0.15, 0.2) is 0 Å². The van der Waals surface area contributed by atoms with E-state index in [1.54, 1.807) is 0 Å².